The third kappa shape index (κ3) is 1.08. The lowest BCUT2D eigenvalue weighted by Crippen LogP contribution is -2.16. The van der Waals surface area contributed by atoms with E-state index in [2.05, 4.69) is 10.1 Å². The Morgan fingerprint density at radius 2 is 2.31 bits per heavy atom. The molecule has 0 aliphatic carbocycles. The van der Waals surface area contributed by atoms with E-state index in [-0.39, 0.29) is 5.69 Å². The predicted octanol–water partition coefficient (Wildman–Crippen LogP) is -0.279. The minimum Gasteiger partial charge on any atom is -0.477 e. The number of carbonyl (C=O) groups is 1. The van der Waals surface area contributed by atoms with Crippen molar-refractivity contribution in [1.82, 2.24) is 14.6 Å². The van der Waals surface area contributed by atoms with Gasteiger partial charge in [0.2, 0.25) is 0 Å². The van der Waals surface area contributed by atoms with Crippen LogP contribution in [0.5, 0.6) is 0 Å². The molecule has 2 heterocycles. The maximum Gasteiger partial charge on any atom is 0.360 e. The third-order valence-corrected chi connectivity index (χ3v) is 1.65. The van der Waals surface area contributed by atoms with Crippen LogP contribution in [0.15, 0.2) is 23.1 Å². The van der Waals surface area contributed by atoms with E-state index in [9.17, 15) is 9.59 Å². The molecule has 13 heavy (non-hydrogen) atoms. The van der Waals surface area contributed by atoms with Gasteiger partial charge >= 0.3 is 11.7 Å². The number of rotatable bonds is 1. The first-order chi connectivity index (χ1) is 6.18. The van der Waals surface area contributed by atoms with Crippen molar-refractivity contribution in [3.05, 3.63) is 34.5 Å². The lowest BCUT2D eigenvalue weighted by molar-refractivity contribution is 0.0688. The van der Waals surface area contributed by atoms with Gasteiger partial charge in [-0.15, -0.1) is 0 Å². The lowest BCUT2D eigenvalue weighted by Gasteiger charge is -1.95. The molecule has 2 N–H and O–H groups in total. The molecule has 2 rings (SSSR count). The molecule has 0 aromatic carbocycles. The number of carboxylic acid groups (broad SMARTS) is 1. The van der Waals surface area contributed by atoms with Gasteiger partial charge in [-0.1, -0.05) is 0 Å². The summed E-state index contributed by atoms with van der Waals surface area (Å²) in [4.78, 5) is 24.9. The quantitative estimate of drug-likeness (QED) is 0.630. The summed E-state index contributed by atoms with van der Waals surface area (Å²) < 4.78 is 1.18. The van der Waals surface area contributed by atoms with E-state index in [1.54, 1.807) is 6.07 Å². The number of H-pyrrole nitrogens is 1. The molecule has 6 heteroatoms. The largest absolute Gasteiger partial charge is 0.477 e. The van der Waals surface area contributed by atoms with Crippen molar-refractivity contribution in [2.75, 3.05) is 0 Å². The van der Waals surface area contributed by atoms with Gasteiger partial charge in [0.25, 0.3) is 0 Å². The Labute approximate surface area is 71.4 Å². The Kier molecular flexibility index (Phi) is 1.42. The van der Waals surface area contributed by atoms with Crippen molar-refractivity contribution < 1.29 is 9.90 Å². The summed E-state index contributed by atoms with van der Waals surface area (Å²) in [5.74, 6) is -1.10. The minimum absolute atomic E-state index is 0.00880. The number of nitrogens with zero attached hydrogens (tertiary/aromatic N) is 2. The van der Waals surface area contributed by atoms with Crippen LogP contribution in [-0.4, -0.2) is 25.7 Å². The maximum absolute atomic E-state index is 10.8. The smallest absolute Gasteiger partial charge is 0.360 e. The molecule has 0 saturated carbocycles. The molecule has 0 aliphatic rings. The molecule has 0 unspecified atom stereocenters. The van der Waals surface area contributed by atoms with E-state index in [1.807, 2.05) is 0 Å². The van der Waals surface area contributed by atoms with Crippen molar-refractivity contribution >= 4 is 11.5 Å². The van der Waals surface area contributed by atoms with Gasteiger partial charge in [-0.2, -0.15) is 4.98 Å². The molecule has 2 aromatic rings. The SMILES string of the molecule is O=C(O)c1ccc2cnc(=O)[nH]n12. The van der Waals surface area contributed by atoms with Gasteiger partial charge in [0.15, 0.2) is 0 Å². The van der Waals surface area contributed by atoms with Crippen LogP contribution in [0.1, 0.15) is 10.5 Å². The van der Waals surface area contributed by atoms with Crippen LogP contribution < -0.4 is 5.69 Å². The third-order valence-electron chi connectivity index (χ3n) is 1.65. The zero-order valence-corrected chi connectivity index (χ0v) is 6.39. The van der Waals surface area contributed by atoms with E-state index in [0.29, 0.717) is 5.52 Å². The Morgan fingerprint density at radius 3 is 3.00 bits per heavy atom. The highest BCUT2D eigenvalue weighted by atomic mass is 16.4. The first-order valence-electron chi connectivity index (χ1n) is 3.48. The summed E-state index contributed by atoms with van der Waals surface area (Å²) in [6, 6.07) is 2.96. The first-order valence-corrected chi connectivity index (χ1v) is 3.48. The highest BCUT2D eigenvalue weighted by molar-refractivity contribution is 5.87. The van der Waals surface area contributed by atoms with Crippen molar-refractivity contribution in [2.45, 2.75) is 0 Å². The number of aromatic carboxylic acids is 1. The van der Waals surface area contributed by atoms with Crippen LogP contribution in [0.2, 0.25) is 0 Å². The van der Waals surface area contributed by atoms with E-state index in [1.165, 1.54) is 16.8 Å². The zero-order chi connectivity index (χ0) is 9.42. The van der Waals surface area contributed by atoms with Crippen molar-refractivity contribution in [2.24, 2.45) is 0 Å². The average Bonchev–Trinajstić information content (AvgIpc) is 2.46. The molecule has 2 aromatic heterocycles. The van der Waals surface area contributed by atoms with E-state index < -0.39 is 11.7 Å². The van der Waals surface area contributed by atoms with Gasteiger partial charge in [-0.25, -0.2) is 19.2 Å². The van der Waals surface area contributed by atoms with Gasteiger partial charge in [-0.3, -0.25) is 0 Å². The maximum atomic E-state index is 10.8. The average molecular weight is 179 g/mol. The summed E-state index contributed by atoms with van der Waals surface area (Å²) in [5.41, 5.74) is -0.0299. The normalized spacial score (nSPS) is 10.5. The van der Waals surface area contributed by atoms with E-state index >= 15 is 0 Å². The van der Waals surface area contributed by atoms with E-state index in [4.69, 9.17) is 5.11 Å². The number of hydrogen-bond acceptors (Lipinski definition) is 3. The molecule has 0 fully saturated rings. The Morgan fingerprint density at radius 1 is 1.54 bits per heavy atom. The second-order valence-electron chi connectivity index (χ2n) is 2.46. The molecule has 0 bridgehead atoms. The minimum atomic E-state index is -1.10. The standard InChI is InChI=1S/C7H5N3O3/c11-6(12)5-2-1-4-3-8-7(13)9-10(4)5/h1-3H,(H,9,13)(H,11,12). The molecule has 0 spiro atoms. The summed E-state index contributed by atoms with van der Waals surface area (Å²) in [5, 5.41) is 11.0. The topological polar surface area (TPSA) is 87.5 Å². The fourth-order valence-electron chi connectivity index (χ4n) is 1.09. The fourth-order valence-corrected chi connectivity index (χ4v) is 1.09. The number of hydrogen-bond donors (Lipinski definition) is 2. The molecule has 0 aliphatic heterocycles. The molecule has 0 radical (unpaired) electrons. The number of aromatic nitrogens is 3. The highest BCUT2D eigenvalue weighted by Crippen LogP contribution is 2.04. The molecule has 66 valence electrons. The molecule has 0 atom stereocenters. The first kappa shape index (κ1) is 7.53. The van der Waals surface area contributed by atoms with Crippen molar-refractivity contribution in [1.29, 1.82) is 0 Å². The number of carboxylic acids is 1. The monoisotopic (exact) mass is 179 g/mol. The molecule has 0 saturated heterocycles. The van der Waals surface area contributed by atoms with Gasteiger partial charge in [0.1, 0.15) is 5.69 Å². The van der Waals surface area contributed by atoms with Crippen LogP contribution in [0.4, 0.5) is 0 Å². The van der Waals surface area contributed by atoms with Crippen LogP contribution >= 0.6 is 0 Å². The van der Waals surface area contributed by atoms with E-state index in [0.717, 1.165) is 0 Å². The highest BCUT2D eigenvalue weighted by Gasteiger charge is 2.08. The van der Waals surface area contributed by atoms with Crippen LogP contribution in [-0.2, 0) is 0 Å². The van der Waals surface area contributed by atoms with Gasteiger partial charge in [0.05, 0.1) is 11.7 Å². The predicted molar refractivity (Wildman–Crippen MR) is 42.8 cm³/mol. The van der Waals surface area contributed by atoms with Crippen LogP contribution in [0, 0.1) is 0 Å². The second-order valence-corrected chi connectivity index (χ2v) is 2.46. The Hall–Kier alpha value is -2.11. The molecule has 6 nitrogen and oxygen atoms in total. The van der Waals surface area contributed by atoms with Crippen molar-refractivity contribution in [3.63, 3.8) is 0 Å². The molecule has 0 amide bonds. The molecular formula is C7H5N3O3. The van der Waals surface area contributed by atoms with Crippen LogP contribution in [0.25, 0.3) is 5.52 Å². The number of fused-ring (bicyclic) bond motifs is 1. The van der Waals surface area contributed by atoms with Gasteiger partial charge in [0, 0.05) is 0 Å². The Balaban J connectivity index is 2.86. The molecular weight excluding hydrogens is 174 g/mol. The Bertz CT molecular complexity index is 525. The summed E-state index contributed by atoms with van der Waals surface area (Å²) in [7, 11) is 0. The van der Waals surface area contributed by atoms with Gasteiger partial charge < -0.3 is 5.11 Å². The second kappa shape index (κ2) is 2.44. The summed E-state index contributed by atoms with van der Waals surface area (Å²) in [6.07, 6.45) is 1.31. The fraction of sp³-hybridized carbons (Fsp3) is 0. The summed E-state index contributed by atoms with van der Waals surface area (Å²) in [6.45, 7) is 0. The zero-order valence-electron chi connectivity index (χ0n) is 6.39. The van der Waals surface area contributed by atoms with Crippen molar-refractivity contribution in [3.8, 4) is 0 Å². The number of nitrogens with one attached hydrogen (secondary N) is 1. The van der Waals surface area contributed by atoms with Gasteiger partial charge in [-0.05, 0) is 12.1 Å². The summed E-state index contributed by atoms with van der Waals surface area (Å²) >= 11 is 0. The van der Waals surface area contributed by atoms with Crippen LogP contribution in [0.3, 0.4) is 0 Å². The number of aromatic amines is 1. The lowest BCUT2D eigenvalue weighted by atomic mass is 10.4.